The minimum absolute atomic E-state index is 0.0916. The SMILES string of the molecule is CCOc1cccnc1C(=O)N1CCc2cc(C)c(C)cc21. The number of fused-ring (bicyclic) bond motifs is 1. The fraction of sp³-hybridized carbons (Fsp3) is 0.333. The van der Waals surface area contributed by atoms with E-state index in [9.17, 15) is 4.79 Å². The summed E-state index contributed by atoms with van der Waals surface area (Å²) in [6, 6.07) is 7.85. The predicted molar refractivity (Wildman–Crippen MR) is 86.7 cm³/mol. The van der Waals surface area contributed by atoms with Crippen molar-refractivity contribution in [2.45, 2.75) is 27.2 Å². The summed E-state index contributed by atoms with van der Waals surface area (Å²) >= 11 is 0. The normalized spacial score (nSPS) is 13.1. The summed E-state index contributed by atoms with van der Waals surface area (Å²) in [6.07, 6.45) is 2.52. The molecule has 2 heterocycles. The van der Waals surface area contributed by atoms with Gasteiger partial charge in [-0.3, -0.25) is 4.79 Å². The smallest absolute Gasteiger partial charge is 0.280 e. The van der Waals surface area contributed by atoms with Crippen LogP contribution in [0.3, 0.4) is 0 Å². The third-order valence-corrected chi connectivity index (χ3v) is 4.11. The monoisotopic (exact) mass is 296 g/mol. The molecule has 3 rings (SSSR count). The molecule has 0 saturated heterocycles. The van der Waals surface area contributed by atoms with Crippen LogP contribution in [0.15, 0.2) is 30.5 Å². The molecule has 0 spiro atoms. The van der Waals surface area contributed by atoms with Crippen molar-refractivity contribution < 1.29 is 9.53 Å². The van der Waals surface area contributed by atoms with Gasteiger partial charge in [-0.25, -0.2) is 4.98 Å². The number of nitrogens with zero attached hydrogens (tertiary/aromatic N) is 2. The van der Waals surface area contributed by atoms with E-state index in [1.165, 1.54) is 16.7 Å². The van der Waals surface area contributed by atoms with Crippen LogP contribution in [0.1, 0.15) is 34.1 Å². The molecule has 0 fully saturated rings. The second-order valence-electron chi connectivity index (χ2n) is 5.56. The van der Waals surface area contributed by atoms with Crippen molar-refractivity contribution in [3.05, 3.63) is 52.8 Å². The number of anilines is 1. The van der Waals surface area contributed by atoms with Gasteiger partial charge >= 0.3 is 0 Å². The molecule has 1 aliphatic rings. The maximum atomic E-state index is 12.9. The van der Waals surface area contributed by atoms with E-state index in [1.54, 1.807) is 18.3 Å². The summed E-state index contributed by atoms with van der Waals surface area (Å²) in [6.45, 7) is 7.29. The van der Waals surface area contributed by atoms with E-state index in [2.05, 4.69) is 31.0 Å². The zero-order valence-corrected chi connectivity index (χ0v) is 13.2. The fourth-order valence-corrected chi connectivity index (χ4v) is 2.83. The molecule has 1 aliphatic heterocycles. The van der Waals surface area contributed by atoms with E-state index in [-0.39, 0.29) is 5.91 Å². The van der Waals surface area contributed by atoms with Crippen molar-refractivity contribution >= 4 is 11.6 Å². The highest BCUT2D eigenvalue weighted by Gasteiger charge is 2.28. The molecule has 0 aliphatic carbocycles. The lowest BCUT2D eigenvalue weighted by molar-refractivity contribution is 0.0980. The lowest BCUT2D eigenvalue weighted by Crippen LogP contribution is -2.30. The molecule has 4 heteroatoms. The average molecular weight is 296 g/mol. The Morgan fingerprint density at radius 2 is 2.09 bits per heavy atom. The highest BCUT2D eigenvalue weighted by atomic mass is 16.5. The number of hydrogen-bond donors (Lipinski definition) is 0. The summed E-state index contributed by atoms with van der Waals surface area (Å²) in [5, 5.41) is 0. The first-order valence-corrected chi connectivity index (χ1v) is 7.61. The topological polar surface area (TPSA) is 42.4 Å². The van der Waals surface area contributed by atoms with Gasteiger partial charge in [0.05, 0.1) is 6.61 Å². The molecule has 0 bridgehead atoms. The first-order valence-electron chi connectivity index (χ1n) is 7.61. The van der Waals surface area contributed by atoms with Crippen molar-refractivity contribution in [2.75, 3.05) is 18.1 Å². The van der Waals surface area contributed by atoms with E-state index < -0.39 is 0 Å². The minimum Gasteiger partial charge on any atom is -0.491 e. The lowest BCUT2D eigenvalue weighted by Gasteiger charge is -2.19. The van der Waals surface area contributed by atoms with Gasteiger partial charge in [0.25, 0.3) is 5.91 Å². The van der Waals surface area contributed by atoms with Gasteiger partial charge in [-0.2, -0.15) is 0 Å². The predicted octanol–water partition coefficient (Wildman–Crippen LogP) is 3.30. The summed E-state index contributed by atoms with van der Waals surface area (Å²) in [4.78, 5) is 18.9. The lowest BCUT2D eigenvalue weighted by atomic mass is 10.0. The van der Waals surface area contributed by atoms with Crippen LogP contribution in [0.4, 0.5) is 5.69 Å². The van der Waals surface area contributed by atoms with Crippen molar-refractivity contribution in [2.24, 2.45) is 0 Å². The number of ether oxygens (including phenoxy) is 1. The van der Waals surface area contributed by atoms with Crippen LogP contribution < -0.4 is 9.64 Å². The molecule has 1 amide bonds. The van der Waals surface area contributed by atoms with Crippen molar-refractivity contribution in [1.29, 1.82) is 0 Å². The zero-order valence-electron chi connectivity index (χ0n) is 13.2. The number of aryl methyl sites for hydroxylation is 2. The van der Waals surface area contributed by atoms with Crippen molar-refractivity contribution in [3.63, 3.8) is 0 Å². The van der Waals surface area contributed by atoms with Crippen LogP contribution in [-0.4, -0.2) is 24.0 Å². The van der Waals surface area contributed by atoms with Gasteiger partial charge in [0.1, 0.15) is 0 Å². The van der Waals surface area contributed by atoms with Gasteiger partial charge in [-0.15, -0.1) is 0 Å². The molecular weight excluding hydrogens is 276 g/mol. The number of rotatable bonds is 3. The second kappa shape index (κ2) is 5.79. The number of carbonyl (C=O) groups excluding carboxylic acids is 1. The van der Waals surface area contributed by atoms with E-state index in [0.29, 0.717) is 24.6 Å². The van der Waals surface area contributed by atoms with Gasteiger partial charge in [0.2, 0.25) is 0 Å². The van der Waals surface area contributed by atoms with Crippen LogP contribution in [0.5, 0.6) is 5.75 Å². The third-order valence-electron chi connectivity index (χ3n) is 4.11. The van der Waals surface area contributed by atoms with Crippen LogP contribution in [-0.2, 0) is 6.42 Å². The molecule has 114 valence electrons. The maximum Gasteiger partial charge on any atom is 0.280 e. The Kier molecular flexibility index (Phi) is 3.84. The molecule has 0 radical (unpaired) electrons. The number of pyridine rings is 1. The standard InChI is InChI=1S/C18H20N2O2/c1-4-22-16-6-5-8-19-17(16)18(21)20-9-7-14-10-12(2)13(3)11-15(14)20/h5-6,8,10-11H,4,7,9H2,1-3H3. The fourth-order valence-electron chi connectivity index (χ4n) is 2.83. The number of benzene rings is 1. The van der Waals surface area contributed by atoms with Crippen molar-refractivity contribution in [1.82, 2.24) is 4.98 Å². The van der Waals surface area contributed by atoms with Gasteiger partial charge in [0.15, 0.2) is 11.4 Å². The minimum atomic E-state index is -0.0916. The Morgan fingerprint density at radius 3 is 2.86 bits per heavy atom. The number of carbonyl (C=O) groups is 1. The molecule has 1 aromatic carbocycles. The summed E-state index contributed by atoms with van der Waals surface area (Å²) in [7, 11) is 0. The second-order valence-corrected chi connectivity index (χ2v) is 5.56. The summed E-state index contributed by atoms with van der Waals surface area (Å²) in [5.74, 6) is 0.457. The largest absolute Gasteiger partial charge is 0.491 e. The molecule has 0 saturated carbocycles. The van der Waals surface area contributed by atoms with Crippen LogP contribution in [0, 0.1) is 13.8 Å². The van der Waals surface area contributed by atoms with E-state index in [4.69, 9.17) is 4.74 Å². The average Bonchev–Trinajstić information content (AvgIpc) is 2.91. The highest BCUT2D eigenvalue weighted by molar-refractivity contribution is 6.07. The molecule has 2 aromatic rings. The van der Waals surface area contributed by atoms with Gasteiger partial charge in [-0.1, -0.05) is 6.07 Å². The number of aromatic nitrogens is 1. The quantitative estimate of drug-likeness (QED) is 0.872. The van der Waals surface area contributed by atoms with Gasteiger partial charge < -0.3 is 9.64 Å². The van der Waals surface area contributed by atoms with E-state index >= 15 is 0 Å². The Morgan fingerprint density at radius 1 is 1.32 bits per heavy atom. The van der Waals surface area contributed by atoms with Gasteiger partial charge in [-0.05, 0) is 62.1 Å². The number of hydrogen-bond acceptors (Lipinski definition) is 3. The molecule has 0 atom stereocenters. The van der Waals surface area contributed by atoms with Crippen LogP contribution in [0.2, 0.25) is 0 Å². The van der Waals surface area contributed by atoms with Crippen molar-refractivity contribution in [3.8, 4) is 5.75 Å². The van der Waals surface area contributed by atoms with Gasteiger partial charge in [0, 0.05) is 18.4 Å². The Hall–Kier alpha value is -2.36. The Labute approximate surface area is 130 Å². The number of amides is 1. The Bertz CT molecular complexity index is 725. The van der Waals surface area contributed by atoms with Crippen LogP contribution in [0.25, 0.3) is 0 Å². The molecule has 0 unspecified atom stereocenters. The summed E-state index contributed by atoms with van der Waals surface area (Å²) in [5.41, 5.74) is 5.08. The van der Waals surface area contributed by atoms with E-state index in [0.717, 1.165) is 12.1 Å². The third kappa shape index (κ3) is 2.45. The molecular formula is C18H20N2O2. The first kappa shape index (κ1) is 14.6. The van der Waals surface area contributed by atoms with Crippen LogP contribution >= 0.6 is 0 Å². The molecule has 4 nitrogen and oxygen atoms in total. The molecule has 22 heavy (non-hydrogen) atoms. The molecule has 1 aromatic heterocycles. The Balaban J connectivity index is 1.98. The molecule has 0 N–H and O–H groups in total. The summed E-state index contributed by atoms with van der Waals surface area (Å²) < 4.78 is 5.54. The van der Waals surface area contributed by atoms with E-state index in [1.807, 2.05) is 11.8 Å². The highest BCUT2D eigenvalue weighted by Crippen LogP contribution is 2.32. The first-order chi connectivity index (χ1) is 10.6. The zero-order chi connectivity index (χ0) is 15.7. The maximum absolute atomic E-state index is 12.9.